The quantitative estimate of drug-likeness (QED) is 0.605. The van der Waals surface area contributed by atoms with Gasteiger partial charge in [-0.2, -0.15) is 0 Å². The van der Waals surface area contributed by atoms with E-state index in [-0.39, 0.29) is 23.7 Å². The van der Waals surface area contributed by atoms with Crippen LogP contribution in [-0.4, -0.2) is 61.4 Å². The Labute approximate surface area is 107 Å². The van der Waals surface area contributed by atoms with Crippen molar-refractivity contribution in [2.45, 2.75) is 19.9 Å². The van der Waals surface area contributed by atoms with Gasteiger partial charge in [0.15, 0.2) is 6.54 Å². The third-order valence-corrected chi connectivity index (χ3v) is 3.03. The van der Waals surface area contributed by atoms with Crippen LogP contribution in [0.4, 0.5) is 0 Å². The molecule has 1 saturated heterocycles. The first-order valence-corrected chi connectivity index (χ1v) is 6.53. The summed E-state index contributed by atoms with van der Waals surface area (Å²) in [7, 11) is 0. The number of rotatable bonds is 4. The molecule has 6 heteroatoms. The number of carbonyl (C=O) groups excluding carboxylic acids is 2. The molecule has 1 heterocycles. The molecule has 0 bridgehead atoms. The number of alkyl halides is 1. The number of carbonyl (C=O) groups is 2. The number of nitrogens with one attached hydrogen (secondary N) is 2. The fourth-order valence-corrected chi connectivity index (χ4v) is 2.10. The molecule has 17 heavy (non-hydrogen) atoms. The molecule has 0 aromatic carbocycles. The van der Waals surface area contributed by atoms with Gasteiger partial charge in [0.05, 0.1) is 26.2 Å². The molecule has 1 aliphatic heterocycles. The van der Waals surface area contributed by atoms with E-state index < -0.39 is 0 Å². The third-order valence-electron chi connectivity index (χ3n) is 2.80. The maximum Gasteiger partial charge on any atom is 0.275 e. The number of nitrogens with zero attached hydrogens (tertiary/aromatic N) is 1. The predicted molar refractivity (Wildman–Crippen MR) is 66.1 cm³/mol. The van der Waals surface area contributed by atoms with Crippen molar-refractivity contribution in [1.82, 2.24) is 10.2 Å². The third kappa shape index (κ3) is 4.91. The second kappa shape index (κ2) is 6.81. The SMILES string of the molecule is CC(C)NC(=O)C[NH+]1CCN(C(=O)CCl)CC1. The molecule has 1 fully saturated rings. The summed E-state index contributed by atoms with van der Waals surface area (Å²) >= 11 is 5.50. The lowest BCUT2D eigenvalue weighted by molar-refractivity contribution is -0.896. The van der Waals surface area contributed by atoms with Gasteiger partial charge < -0.3 is 15.1 Å². The molecule has 0 aromatic rings. The molecule has 2 N–H and O–H groups in total. The highest BCUT2D eigenvalue weighted by Crippen LogP contribution is 1.92. The Kier molecular flexibility index (Phi) is 5.71. The maximum atomic E-state index is 11.6. The smallest absolute Gasteiger partial charge is 0.275 e. The van der Waals surface area contributed by atoms with Crippen molar-refractivity contribution in [3.05, 3.63) is 0 Å². The lowest BCUT2D eigenvalue weighted by atomic mass is 10.3. The van der Waals surface area contributed by atoms with Crippen molar-refractivity contribution in [1.29, 1.82) is 0 Å². The van der Waals surface area contributed by atoms with Crippen LogP contribution < -0.4 is 10.2 Å². The van der Waals surface area contributed by atoms with Gasteiger partial charge >= 0.3 is 0 Å². The van der Waals surface area contributed by atoms with Crippen LogP contribution in [0.25, 0.3) is 0 Å². The molecule has 0 radical (unpaired) electrons. The molecule has 5 nitrogen and oxygen atoms in total. The monoisotopic (exact) mass is 262 g/mol. The number of amides is 2. The molecule has 0 atom stereocenters. The van der Waals surface area contributed by atoms with Gasteiger partial charge in [0, 0.05) is 6.04 Å². The number of hydrogen-bond donors (Lipinski definition) is 2. The molecule has 0 unspecified atom stereocenters. The van der Waals surface area contributed by atoms with Gasteiger partial charge in [-0.05, 0) is 13.8 Å². The molecule has 0 saturated carbocycles. The molecule has 1 rings (SSSR count). The Morgan fingerprint density at radius 1 is 1.35 bits per heavy atom. The minimum absolute atomic E-state index is 0.0163. The molecule has 2 amide bonds. The largest absolute Gasteiger partial charge is 0.349 e. The number of halogens is 1. The van der Waals surface area contributed by atoms with E-state index in [1.807, 2.05) is 13.8 Å². The van der Waals surface area contributed by atoms with Gasteiger partial charge in [0.25, 0.3) is 5.91 Å². The standard InChI is InChI=1S/C11H20ClN3O2/c1-9(2)13-10(16)8-14-3-5-15(6-4-14)11(17)7-12/h9H,3-8H2,1-2H3,(H,13,16)/p+1. The highest BCUT2D eigenvalue weighted by atomic mass is 35.5. The molecule has 0 aromatic heterocycles. The normalized spacial score (nSPS) is 17.3. The second-order valence-electron chi connectivity index (χ2n) is 4.66. The summed E-state index contributed by atoms with van der Waals surface area (Å²) in [5, 5.41) is 2.87. The fourth-order valence-electron chi connectivity index (χ4n) is 1.93. The van der Waals surface area contributed by atoms with Crippen LogP contribution in [0.1, 0.15) is 13.8 Å². The lowest BCUT2D eigenvalue weighted by Crippen LogP contribution is -3.15. The second-order valence-corrected chi connectivity index (χ2v) is 4.93. The van der Waals surface area contributed by atoms with Crippen LogP contribution in [-0.2, 0) is 9.59 Å². The summed E-state index contributed by atoms with van der Waals surface area (Å²) in [4.78, 5) is 25.9. The van der Waals surface area contributed by atoms with Gasteiger partial charge in [-0.3, -0.25) is 9.59 Å². The van der Waals surface area contributed by atoms with Crippen molar-refractivity contribution in [3.8, 4) is 0 Å². The van der Waals surface area contributed by atoms with E-state index in [9.17, 15) is 9.59 Å². The molecule has 98 valence electrons. The van der Waals surface area contributed by atoms with Gasteiger partial charge in [-0.1, -0.05) is 0 Å². The van der Waals surface area contributed by atoms with Crippen LogP contribution in [0, 0.1) is 0 Å². The zero-order valence-corrected chi connectivity index (χ0v) is 11.2. The summed E-state index contributed by atoms with van der Waals surface area (Å²) in [6.45, 7) is 7.39. The topological polar surface area (TPSA) is 53.9 Å². The zero-order chi connectivity index (χ0) is 12.8. The Balaban J connectivity index is 2.27. The average molecular weight is 263 g/mol. The van der Waals surface area contributed by atoms with Crippen LogP contribution in [0.3, 0.4) is 0 Å². The van der Waals surface area contributed by atoms with Crippen molar-refractivity contribution < 1.29 is 14.5 Å². The van der Waals surface area contributed by atoms with E-state index in [4.69, 9.17) is 11.6 Å². The first-order chi connectivity index (χ1) is 8.02. The summed E-state index contributed by atoms with van der Waals surface area (Å²) in [5.74, 6) is 0.105. The van der Waals surface area contributed by atoms with E-state index in [1.54, 1.807) is 4.90 Å². The lowest BCUT2D eigenvalue weighted by Gasteiger charge is -2.31. The summed E-state index contributed by atoms with van der Waals surface area (Å²) < 4.78 is 0. The molecular formula is C11H21ClN3O2+. The molecule has 0 spiro atoms. The van der Waals surface area contributed by atoms with Crippen molar-refractivity contribution >= 4 is 23.4 Å². The van der Waals surface area contributed by atoms with Crippen LogP contribution >= 0.6 is 11.6 Å². The van der Waals surface area contributed by atoms with E-state index >= 15 is 0 Å². The van der Waals surface area contributed by atoms with Crippen molar-refractivity contribution in [3.63, 3.8) is 0 Å². The zero-order valence-electron chi connectivity index (χ0n) is 10.5. The summed E-state index contributed by atoms with van der Waals surface area (Å²) in [5.41, 5.74) is 0. The number of quaternary nitrogens is 1. The summed E-state index contributed by atoms with van der Waals surface area (Å²) in [6, 6.07) is 0.181. The van der Waals surface area contributed by atoms with Gasteiger partial charge in [0.2, 0.25) is 5.91 Å². The van der Waals surface area contributed by atoms with Gasteiger partial charge in [-0.15, -0.1) is 11.6 Å². The Morgan fingerprint density at radius 3 is 2.41 bits per heavy atom. The first-order valence-electron chi connectivity index (χ1n) is 5.99. The van der Waals surface area contributed by atoms with Gasteiger partial charge in [-0.25, -0.2) is 0 Å². The van der Waals surface area contributed by atoms with E-state index in [1.165, 1.54) is 4.90 Å². The predicted octanol–water partition coefficient (Wildman–Crippen LogP) is -1.52. The van der Waals surface area contributed by atoms with Crippen LogP contribution in [0.2, 0.25) is 0 Å². The van der Waals surface area contributed by atoms with Gasteiger partial charge in [0.1, 0.15) is 5.88 Å². The Bertz CT molecular complexity index is 276. The highest BCUT2D eigenvalue weighted by Gasteiger charge is 2.24. The molecular weight excluding hydrogens is 242 g/mol. The van der Waals surface area contributed by atoms with E-state index in [0.717, 1.165) is 13.1 Å². The van der Waals surface area contributed by atoms with Crippen molar-refractivity contribution in [2.75, 3.05) is 38.6 Å². The fraction of sp³-hybridized carbons (Fsp3) is 0.818. The number of hydrogen-bond acceptors (Lipinski definition) is 2. The van der Waals surface area contributed by atoms with Crippen LogP contribution in [0.5, 0.6) is 0 Å². The Morgan fingerprint density at radius 2 is 1.94 bits per heavy atom. The van der Waals surface area contributed by atoms with E-state index in [2.05, 4.69) is 5.32 Å². The minimum Gasteiger partial charge on any atom is -0.349 e. The minimum atomic E-state index is -0.0163. The average Bonchev–Trinajstić information content (AvgIpc) is 2.28. The maximum absolute atomic E-state index is 11.6. The molecule has 0 aliphatic carbocycles. The Hall–Kier alpha value is -0.810. The van der Waals surface area contributed by atoms with E-state index in [0.29, 0.717) is 19.6 Å². The number of piperazine rings is 1. The molecule has 1 aliphatic rings. The van der Waals surface area contributed by atoms with Crippen molar-refractivity contribution in [2.24, 2.45) is 0 Å². The first kappa shape index (κ1) is 14.3. The highest BCUT2D eigenvalue weighted by molar-refractivity contribution is 6.27. The summed E-state index contributed by atoms with van der Waals surface area (Å²) in [6.07, 6.45) is 0. The van der Waals surface area contributed by atoms with Crippen LogP contribution in [0.15, 0.2) is 0 Å².